The van der Waals surface area contributed by atoms with E-state index in [1.165, 1.54) is 0 Å². The highest BCUT2D eigenvalue weighted by molar-refractivity contribution is 9.10. The predicted molar refractivity (Wildman–Crippen MR) is 111 cm³/mol. The van der Waals surface area contributed by atoms with Crippen molar-refractivity contribution in [2.45, 2.75) is 31.5 Å². The third kappa shape index (κ3) is 3.31. The molecule has 2 fully saturated rings. The van der Waals surface area contributed by atoms with Gasteiger partial charge in [-0.25, -0.2) is 4.79 Å². The summed E-state index contributed by atoms with van der Waals surface area (Å²) in [4.78, 5) is 19.9. The van der Waals surface area contributed by atoms with Gasteiger partial charge in [0.25, 0.3) is 6.01 Å². The minimum atomic E-state index is -0.839. The van der Waals surface area contributed by atoms with Gasteiger partial charge in [0, 0.05) is 13.1 Å². The van der Waals surface area contributed by atoms with E-state index in [1.54, 1.807) is 4.90 Å². The van der Waals surface area contributed by atoms with Crippen molar-refractivity contribution in [1.29, 1.82) is 0 Å². The van der Waals surface area contributed by atoms with Crippen LogP contribution in [-0.4, -0.2) is 46.3 Å². The van der Waals surface area contributed by atoms with Crippen LogP contribution in [0.15, 0.2) is 51.4 Å². The van der Waals surface area contributed by atoms with E-state index in [4.69, 9.17) is 14.1 Å². The van der Waals surface area contributed by atoms with Gasteiger partial charge in [0.15, 0.2) is 11.1 Å². The van der Waals surface area contributed by atoms with Crippen LogP contribution >= 0.6 is 15.9 Å². The minimum absolute atomic E-state index is 0.0153. The monoisotopic (exact) mass is 457 g/mol. The fraction of sp³-hybridized carbons (Fsp3) is 0.333. The van der Waals surface area contributed by atoms with Crippen molar-refractivity contribution >= 4 is 39.1 Å². The summed E-state index contributed by atoms with van der Waals surface area (Å²) in [5, 5.41) is 9.46. The smallest absolute Gasteiger partial charge is 0.407 e. The van der Waals surface area contributed by atoms with Gasteiger partial charge in [0.05, 0.1) is 16.6 Å². The molecule has 29 heavy (non-hydrogen) atoms. The van der Waals surface area contributed by atoms with Gasteiger partial charge in [-0.05, 0) is 46.5 Å². The lowest BCUT2D eigenvalue weighted by Gasteiger charge is -2.38. The molecule has 150 valence electrons. The van der Waals surface area contributed by atoms with E-state index < -0.39 is 6.09 Å². The molecule has 2 atom stereocenters. The molecule has 1 amide bonds. The van der Waals surface area contributed by atoms with Crippen LogP contribution in [0.3, 0.4) is 0 Å². The maximum absolute atomic E-state index is 11.5. The number of amides is 1. The summed E-state index contributed by atoms with van der Waals surface area (Å²) in [6.07, 6.45) is 0.917. The van der Waals surface area contributed by atoms with Crippen LogP contribution < -0.4 is 9.64 Å². The molecule has 2 saturated heterocycles. The first-order valence-corrected chi connectivity index (χ1v) is 10.4. The van der Waals surface area contributed by atoms with Gasteiger partial charge in [-0.3, -0.25) is 4.90 Å². The Morgan fingerprint density at radius 3 is 2.59 bits per heavy atom. The normalized spacial score (nSPS) is 21.0. The molecule has 2 unspecified atom stereocenters. The van der Waals surface area contributed by atoms with E-state index in [0.717, 1.165) is 22.9 Å². The number of rotatable bonds is 4. The van der Waals surface area contributed by atoms with Crippen LogP contribution in [0.4, 0.5) is 10.8 Å². The second kappa shape index (κ2) is 7.26. The highest BCUT2D eigenvalue weighted by atomic mass is 79.9. The summed E-state index contributed by atoms with van der Waals surface area (Å²) in [6.45, 7) is 1.63. The van der Waals surface area contributed by atoms with Crippen LogP contribution in [-0.2, 0) is 6.61 Å². The van der Waals surface area contributed by atoms with Crippen molar-refractivity contribution in [3.8, 4) is 5.75 Å². The molecule has 2 aliphatic rings. The number of benzene rings is 2. The first-order chi connectivity index (χ1) is 14.1. The largest absolute Gasteiger partial charge is 0.486 e. The van der Waals surface area contributed by atoms with Crippen LogP contribution in [0, 0.1) is 0 Å². The Morgan fingerprint density at radius 2 is 1.90 bits per heavy atom. The number of halogens is 1. The maximum Gasteiger partial charge on any atom is 0.407 e. The fourth-order valence-electron chi connectivity index (χ4n) is 4.30. The Kier molecular flexibility index (Phi) is 4.58. The van der Waals surface area contributed by atoms with Crippen molar-refractivity contribution in [2.24, 2.45) is 0 Å². The molecular formula is C21H20BrN3O4. The van der Waals surface area contributed by atoms with Crippen molar-refractivity contribution in [3.05, 3.63) is 52.5 Å². The number of hydrogen-bond acceptors (Lipinski definition) is 5. The van der Waals surface area contributed by atoms with Crippen LogP contribution in [0.2, 0.25) is 0 Å². The van der Waals surface area contributed by atoms with Gasteiger partial charge in [-0.1, -0.05) is 30.3 Å². The summed E-state index contributed by atoms with van der Waals surface area (Å²) < 4.78 is 12.9. The Bertz CT molecular complexity index is 1040. The summed E-state index contributed by atoms with van der Waals surface area (Å²) in [5.41, 5.74) is 2.38. The van der Waals surface area contributed by atoms with Crippen LogP contribution in [0.25, 0.3) is 11.1 Å². The second-order valence-corrected chi connectivity index (χ2v) is 8.33. The zero-order valence-corrected chi connectivity index (χ0v) is 17.2. The molecule has 5 rings (SSSR count). The number of aromatic nitrogens is 1. The van der Waals surface area contributed by atoms with E-state index in [1.807, 2.05) is 42.5 Å². The highest BCUT2D eigenvalue weighted by Gasteiger charge is 2.43. The Morgan fingerprint density at radius 1 is 1.17 bits per heavy atom. The van der Waals surface area contributed by atoms with Crippen molar-refractivity contribution in [2.75, 3.05) is 18.0 Å². The second-order valence-electron chi connectivity index (χ2n) is 7.47. The highest BCUT2D eigenvalue weighted by Crippen LogP contribution is 2.37. The van der Waals surface area contributed by atoms with Gasteiger partial charge in [-0.15, -0.1) is 0 Å². The molecule has 0 radical (unpaired) electrons. The molecule has 1 N–H and O–H groups in total. The van der Waals surface area contributed by atoms with E-state index in [-0.39, 0.29) is 12.1 Å². The first-order valence-electron chi connectivity index (χ1n) is 9.62. The molecule has 0 saturated carbocycles. The lowest BCUT2D eigenvalue weighted by Crippen LogP contribution is -2.55. The van der Waals surface area contributed by atoms with E-state index in [9.17, 15) is 9.90 Å². The average Bonchev–Trinajstić information content (AvgIpc) is 3.29. The summed E-state index contributed by atoms with van der Waals surface area (Å²) >= 11 is 3.54. The fourth-order valence-corrected chi connectivity index (χ4v) is 4.70. The quantitative estimate of drug-likeness (QED) is 0.621. The number of piperazine rings is 1. The van der Waals surface area contributed by atoms with Gasteiger partial charge >= 0.3 is 6.09 Å². The average molecular weight is 458 g/mol. The van der Waals surface area contributed by atoms with Gasteiger partial charge in [0.1, 0.15) is 12.4 Å². The topological polar surface area (TPSA) is 79.0 Å². The lowest BCUT2D eigenvalue weighted by atomic mass is 10.2. The number of anilines is 1. The van der Waals surface area contributed by atoms with Crippen molar-refractivity contribution in [1.82, 2.24) is 9.88 Å². The zero-order valence-electron chi connectivity index (χ0n) is 15.6. The van der Waals surface area contributed by atoms with Gasteiger partial charge < -0.3 is 19.2 Å². The molecule has 3 aromatic rings. The molecule has 2 aromatic carbocycles. The SMILES string of the molecule is O=C(O)N1C2CCC1CN(c1nc3c(OCc4ccccc4)ccc(Br)c3o1)C2. The molecule has 3 heterocycles. The standard InChI is InChI=1S/C21H20BrN3O4/c22-16-8-9-17(28-12-13-4-2-1-3-5-13)18-19(16)29-20(23-18)24-10-14-6-7-15(11-24)25(14)21(26)27/h1-5,8-9,14-15H,6-7,10-12H2,(H,26,27). The number of ether oxygens (including phenoxy) is 1. The van der Waals surface area contributed by atoms with E-state index >= 15 is 0 Å². The lowest BCUT2D eigenvalue weighted by molar-refractivity contribution is 0.114. The number of carboxylic acid groups (broad SMARTS) is 1. The number of oxazole rings is 1. The summed E-state index contributed by atoms with van der Waals surface area (Å²) in [7, 11) is 0. The van der Waals surface area contributed by atoms with E-state index in [2.05, 4.69) is 20.8 Å². The predicted octanol–water partition coefficient (Wildman–Crippen LogP) is 4.50. The first kappa shape index (κ1) is 18.3. The number of nitrogens with zero attached hydrogens (tertiary/aromatic N) is 3. The Labute approximate surface area is 176 Å². The molecule has 8 heteroatoms. The molecule has 0 spiro atoms. The number of hydrogen-bond donors (Lipinski definition) is 1. The molecule has 0 aliphatic carbocycles. The van der Waals surface area contributed by atoms with Gasteiger partial charge in [-0.2, -0.15) is 4.98 Å². The summed E-state index contributed by atoms with van der Waals surface area (Å²) in [6, 6.07) is 14.2. The van der Waals surface area contributed by atoms with E-state index in [0.29, 0.717) is 42.6 Å². The van der Waals surface area contributed by atoms with Crippen molar-refractivity contribution < 1.29 is 19.1 Å². The number of carbonyl (C=O) groups is 1. The maximum atomic E-state index is 11.5. The number of fused-ring (bicyclic) bond motifs is 3. The molecule has 2 aliphatic heterocycles. The zero-order chi connectivity index (χ0) is 20.0. The van der Waals surface area contributed by atoms with Crippen LogP contribution in [0.1, 0.15) is 18.4 Å². The van der Waals surface area contributed by atoms with Crippen LogP contribution in [0.5, 0.6) is 5.75 Å². The van der Waals surface area contributed by atoms with Gasteiger partial charge in [0.2, 0.25) is 0 Å². The summed E-state index contributed by atoms with van der Waals surface area (Å²) in [5.74, 6) is 0.661. The third-order valence-corrected chi connectivity index (χ3v) is 6.28. The minimum Gasteiger partial charge on any atom is -0.486 e. The third-order valence-electron chi connectivity index (χ3n) is 5.66. The molecular weight excluding hydrogens is 438 g/mol. The molecule has 2 bridgehead atoms. The van der Waals surface area contributed by atoms with Crippen molar-refractivity contribution in [3.63, 3.8) is 0 Å². The Balaban J connectivity index is 1.42. The molecule has 1 aromatic heterocycles. The molecule has 7 nitrogen and oxygen atoms in total. The Hall–Kier alpha value is -2.74.